The Morgan fingerprint density at radius 1 is 1.35 bits per heavy atom. The molecule has 1 aromatic carbocycles. The highest BCUT2D eigenvalue weighted by Gasteiger charge is 2.21. The number of hydrogen-bond donors (Lipinski definition) is 1. The summed E-state index contributed by atoms with van der Waals surface area (Å²) in [5, 5.41) is 9.63. The first-order chi connectivity index (χ1) is 9.56. The van der Waals surface area contributed by atoms with Gasteiger partial charge in [0, 0.05) is 37.2 Å². The van der Waals surface area contributed by atoms with E-state index in [1.165, 1.54) is 5.56 Å². The van der Waals surface area contributed by atoms with Crippen molar-refractivity contribution in [3.8, 4) is 0 Å². The fourth-order valence-corrected chi connectivity index (χ4v) is 2.90. The van der Waals surface area contributed by atoms with E-state index in [-0.39, 0.29) is 6.54 Å². The summed E-state index contributed by atoms with van der Waals surface area (Å²) in [7, 11) is 0. The highest BCUT2D eigenvalue weighted by molar-refractivity contribution is 6.30. The number of aliphatic carboxylic acids is 1. The predicted octanol–water partition coefficient (Wildman–Crippen LogP) is 2.49. The van der Waals surface area contributed by atoms with Gasteiger partial charge in [-0.25, -0.2) is 0 Å². The summed E-state index contributed by atoms with van der Waals surface area (Å²) in [6, 6.07) is 8.26. The van der Waals surface area contributed by atoms with Gasteiger partial charge in [-0.3, -0.25) is 14.6 Å². The highest BCUT2D eigenvalue weighted by atomic mass is 35.5. The zero-order valence-corrected chi connectivity index (χ0v) is 12.5. The summed E-state index contributed by atoms with van der Waals surface area (Å²) in [5.74, 6) is -0.749. The topological polar surface area (TPSA) is 43.8 Å². The van der Waals surface area contributed by atoms with Gasteiger partial charge in [-0.1, -0.05) is 23.7 Å². The van der Waals surface area contributed by atoms with E-state index >= 15 is 0 Å². The van der Waals surface area contributed by atoms with Crippen LogP contribution >= 0.6 is 11.6 Å². The number of nitrogens with zero attached hydrogens (tertiary/aromatic N) is 2. The minimum atomic E-state index is -0.749. The lowest BCUT2D eigenvalue weighted by Gasteiger charge is -2.28. The molecule has 1 aliphatic rings. The molecule has 2 rings (SSSR count). The van der Waals surface area contributed by atoms with Gasteiger partial charge in [-0.15, -0.1) is 0 Å². The van der Waals surface area contributed by atoms with Crippen LogP contribution in [0.3, 0.4) is 0 Å². The third-order valence-electron chi connectivity index (χ3n) is 3.86. The van der Waals surface area contributed by atoms with Crippen LogP contribution in [-0.2, 0) is 4.79 Å². The van der Waals surface area contributed by atoms with Crippen LogP contribution in [0.5, 0.6) is 0 Å². The quantitative estimate of drug-likeness (QED) is 0.927. The van der Waals surface area contributed by atoms with Crippen molar-refractivity contribution in [1.29, 1.82) is 0 Å². The summed E-state index contributed by atoms with van der Waals surface area (Å²) in [6.45, 7) is 5.85. The summed E-state index contributed by atoms with van der Waals surface area (Å²) < 4.78 is 0. The van der Waals surface area contributed by atoms with Gasteiger partial charge in [-0.2, -0.15) is 0 Å². The molecule has 0 saturated carbocycles. The third-order valence-corrected chi connectivity index (χ3v) is 4.10. The molecule has 1 saturated heterocycles. The zero-order chi connectivity index (χ0) is 14.5. The van der Waals surface area contributed by atoms with E-state index in [9.17, 15) is 4.79 Å². The smallest absolute Gasteiger partial charge is 0.317 e. The van der Waals surface area contributed by atoms with Crippen LogP contribution < -0.4 is 0 Å². The van der Waals surface area contributed by atoms with Crippen molar-refractivity contribution < 1.29 is 9.90 Å². The number of carboxylic acids is 1. The van der Waals surface area contributed by atoms with Gasteiger partial charge >= 0.3 is 5.97 Å². The normalized spacial score (nSPS) is 19.5. The fraction of sp³-hybridized carbons (Fsp3) is 0.533. The Morgan fingerprint density at radius 2 is 2.15 bits per heavy atom. The van der Waals surface area contributed by atoms with Gasteiger partial charge in [0.25, 0.3) is 0 Å². The molecule has 110 valence electrons. The van der Waals surface area contributed by atoms with Crippen LogP contribution in [0.4, 0.5) is 0 Å². The molecule has 5 heteroatoms. The average Bonchev–Trinajstić information content (AvgIpc) is 2.63. The van der Waals surface area contributed by atoms with E-state index in [0.29, 0.717) is 6.04 Å². The van der Waals surface area contributed by atoms with Crippen LogP contribution in [0.25, 0.3) is 0 Å². The second-order valence-corrected chi connectivity index (χ2v) is 5.73. The van der Waals surface area contributed by atoms with Gasteiger partial charge in [0.1, 0.15) is 0 Å². The average molecular weight is 297 g/mol. The summed E-state index contributed by atoms with van der Waals surface area (Å²) in [6.07, 6.45) is 0.998. The van der Waals surface area contributed by atoms with E-state index in [4.69, 9.17) is 16.7 Å². The molecular formula is C15H21ClN2O2. The molecule has 20 heavy (non-hydrogen) atoms. The lowest BCUT2D eigenvalue weighted by atomic mass is 10.1. The maximum atomic E-state index is 10.8. The van der Waals surface area contributed by atoms with Gasteiger partial charge in [0.2, 0.25) is 0 Å². The molecule has 0 spiro atoms. The molecule has 1 heterocycles. The molecule has 0 bridgehead atoms. The number of hydrogen-bond acceptors (Lipinski definition) is 3. The minimum absolute atomic E-state index is 0.138. The molecule has 1 unspecified atom stereocenters. The van der Waals surface area contributed by atoms with Crippen molar-refractivity contribution >= 4 is 17.6 Å². The van der Waals surface area contributed by atoms with Gasteiger partial charge < -0.3 is 5.11 Å². The number of benzene rings is 1. The molecule has 4 nitrogen and oxygen atoms in total. The Hall–Kier alpha value is -1.10. The van der Waals surface area contributed by atoms with Crippen LogP contribution in [0.15, 0.2) is 24.3 Å². The van der Waals surface area contributed by atoms with Crippen molar-refractivity contribution in [1.82, 2.24) is 9.80 Å². The number of rotatable bonds is 4. The first kappa shape index (κ1) is 15.3. The number of carbonyl (C=O) groups is 1. The Balaban J connectivity index is 1.97. The number of halogens is 1. The van der Waals surface area contributed by atoms with E-state index in [1.807, 2.05) is 23.1 Å². The SMILES string of the molecule is CC(c1cccc(Cl)c1)N1CCCN(CC(=O)O)CC1. The highest BCUT2D eigenvalue weighted by Crippen LogP contribution is 2.23. The Bertz CT molecular complexity index is 467. The van der Waals surface area contributed by atoms with Gasteiger partial charge in [0.15, 0.2) is 0 Å². The first-order valence-corrected chi connectivity index (χ1v) is 7.37. The van der Waals surface area contributed by atoms with Crippen LogP contribution in [-0.4, -0.2) is 53.6 Å². The van der Waals surface area contributed by atoms with Crippen molar-refractivity contribution in [2.24, 2.45) is 0 Å². The maximum Gasteiger partial charge on any atom is 0.317 e. The molecule has 1 aromatic rings. The molecule has 1 aliphatic heterocycles. The third kappa shape index (κ3) is 4.20. The lowest BCUT2D eigenvalue weighted by Crippen LogP contribution is -2.35. The molecule has 0 radical (unpaired) electrons. The molecule has 0 aliphatic carbocycles. The summed E-state index contributed by atoms with van der Waals surface area (Å²) in [5.41, 5.74) is 1.21. The Morgan fingerprint density at radius 3 is 2.85 bits per heavy atom. The lowest BCUT2D eigenvalue weighted by molar-refractivity contribution is -0.138. The molecule has 1 atom stereocenters. The zero-order valence-electron chi connectivity index (χ0n) is 11.8. The maximum absolute atomic E-state index is 10.8. The monoisotopic (exact) mass is 296 g/mol. The van der Waals surface area contributed by atoms with E-state index in [2.05, 4.69) is 17.9 Å². The fourth-order valence-electron chi connectivity index (χ4n) is 2.70. The van der Waals surface area contributed by atoms with Crippen molar-refractivity contribution in [3.63, 3.8) is 0 Å². The molecule has 0 aromatic heterocycles. The predicted molar refractivity (Wildman–Crippen MR) is 80.1 cm³/mol. The van der Waals surface area contributed by atoms with Gasteiger partial charge in [-0.05, 0) is 31.0 Å². The second-order valence-electron chi connectivity index (χ2n) is 5.29. The standard InChI is InChI=1S/C15H21ClN2O2/c1-12(13-4-2-5-14(16)10-13)18-7-3-6-17(8-9-18)11-15(19)20/h2,4-5,10,12H,3,6-9,11H2,1H3,(H,19,20). The number of carboxylic acid groups (broad SMARTS) is 1. The van der Waals surface area contributed by atoms with Crippen molar-refractivity contribution in [2.75, 3.05) is 32.7 Å². The molecule has 1 fully saturated rings. The van der Waals surface area contributed by atoms with Gasteiger partial charge in [0.05, 0.1) is 6.54 Å². The minimum Gasteiger partial charge on any atom is -0.480 e. The van der Waals surface area contributed by atoms with Crippen LogP contribution in [0, 0.1) is 0 Å². The van der Waals surface area contributed by atoms with Crippen molar-refractivity contribution in [3.05, 3.63) is 34.9 Å². The van der Waals surface area contributed by atoms with Crippen molar-refractivity contribution in [2.45, 2.75) is 19.4 Å². The molecular weight excluding hydrogens is 276 g/mol. The van der Waals surface area contributed by atoms with Crippen LogP contribution in [0.1, 0.15) is 24.9 Å². The largest absolute Gasteiger partial charge is 0.480 e. The first-order valence-electron chi connectivity index (χ1n) is 7.00. The molecule has 1 N–H and O–H groups in total. The van der Waals surface area contributed by atoms with Crippen LogP contribution in [0.2, 0.25) is 5.02 Å². The van der Waals surface area contributed by atoms with E-state index < -0.39 is 5.97 Å². The second kappa shape index (κ2) is 7.07. The van der Waals surface area contributed by atoms with E-state index in [0.717, 1.165) is 37.6 Å². The Kier molecular flexibility index (Phi) is 5.40. The summed E-state index contributed by atoms with van der Waals surface area (Å²) >= 11 is 6.05. The Labute approximate surface area is 124 Å². The van der Waals surface area contributed by atoms with E-state index in [1.54, 1.807) is 0 Å². The molecule has 0 amide bonds. The summed E-state index contributed by atoms with van der Waals surface area (Å²) in [4.78, 5) is 15.2.